The summed E-state index contributed by atoms with van der Waals surface area (Å²) >= 11 is 0. The first kappa shape index (κ1) is 10.9. The second-order valence-corrected chi connectivity index (χ2v) is 10.6. The van der Waals surface area contributed by atoms with Gasteiger partial charge >= 0.3 is 66.9 Å². The molecule has 0 aromatic rings. The van der Waals surface area contributed by atoms with Gasteiger partial charge in [-0.25, -0.2) is 0 Å². The Morgan fingerprint density at radius 2 is 1.91 bits per heavy atom. The van der Waals surface area contributed by atoms with Crippen LogP contribution in [0.5, 0.6) is 0 Å². The van der Waals surface area contributed by atoms with Crippen molar-refractivity contribution in [3.63, 3.8) is 0 Å². The van der Waals surface area contributed by atoms with Crippen LogP contribution in [-0.4, -0.2) is 43.6 Å². The molecule has 0 radical (unpaired) electrons. The Hall–Kier alpha value is -0.140. The number of esters is 1. The summed E-state index contributed by atoms with van der Waals surface area (Å²) in [7, 11) is 0. The number of carbonyl (C=O) groups is 1. The topological polar surface area (TPSA) is 46.5 Å². The van der Waals surface area contributed by atoms with Gasteiger partial charge in [-0.2, -0.15) is 0 Å². The first-order valence-corrected chi connectivity index (χ1v) is 7.27. The maximum atomic E-state index is 10.3. The van der Waals surface area contributed by atoms with Crippen LogP contribution in [0, 0.1) is 0 Å². The zero-order valence-corrected chi connectivity index (χ0v) is 8.52. The van der Waals surface area contributed by atoms with Gasteiger partial charge in [-0.3, -0.25) is 0 Å². The van der Waals surface area contributed by atoms with Crippen molar-refractivity contribution >= 4 is 12.8 Å². The fourth-order valence-electron chi connectivity index (χ4n) is 0.504. The molecule has 0 atom stereocenters. The fraction of sp³-hybridized carbons (Fsp3) is 0.857. The number of ether oxygens (including phenoxy) is 1. The van der Waals surface area contributed by atoms with Crippen molar-refractivity contribution in [1.29, 1.82) is 0 Å². The Morgan fingerprint density at radius 3 is 2.18 bits per heavy atom. The van der Waals surface area contributed by atoms with Gasteiger partial charge < -0.3 is 0 Å². The SMILES string of the molecule is CC(=O)OCCP(C)(C)(C)O. The summed E-state index contributed by atoms with van der Waals surface area (Å²) < 4.78 is 4.72. The first-order valence-electron chi connectivity index (χ1n) is 3.55. The molecule has 4 heteroatoms. The quantitative estimate of drug-likeness (QED) is 0.518. The minimum absolute atomic E-state index is 0.287. The second-order valence-electron chi connectivity index (χ2n) is 4.10. The molecule has 0 aliphatic heterocycles. The van der Waals surface area contributed by atoms with Crippen LogP contribution in [0.2, 0.25) is 0 Å². The van der Waals surface area contributed by atoms with Crippen molar-refractivity contribution in [3.8, 4) is 0 Å². The molecule has 11 heavy (non-hydrogen) atoms. The van der Waals surface area contributed by atoms with Gasteiger partial charge in [0.2, 0.25) is 0 Å². The summed E-state index contributed by atoms with van der Waals surface area (Å²) in [6.07, 6.45) is 0.575. The number of hydrogen-bond donors (Lipinski definition) is 1. The molecule has 0 unspecified atom stereocenters. The Labute approximate surface area is 67.8 Å². The van der Waals surface area contributed by atoms with E-state index >= 15 is 0 Å². The Kier molecular flexibility index (Phi) is 3.04. The predicted octanol–water partition coefficient (Wildman–Crippen LogP) is 0.899. The maximum absolute atomic E-state index is 10.3. The Morgan fingerprint density at radius 1 is 1.45 bits per heavy atom. The number of carbonyl (C=O) groups excluding carboxylic acids is 1. The monoisotopic (exact) mass is 180 g/mol. The Balaban J connectivity index is 3.64. The average Bonchev–Trinajstić information content (AvgIpc) is 1.56. The van der Waals surface area contributed by atoms with Gasteiger partial charge in [0.25, 0.3) is 0 Å². The molecule has 0 aromatic carbocycles. The summed E-state index contributed by atoms with van der Waals surface area (Å²) in [5.74, 6) is -0.287. The summed E-state index contributed by atoms with van der Waals surface area (Å²) in [4.78, 5) is 20.1. The van der Waals surface area contributed by atoms with Crippen LogP contribution < -0.4 is 0 Å². The molecule has 0 rings (SSSR count). The van der Waals surface area contributed by atoms with Crippen LogP contribution in [-0.2, 0) is 9.53 Å². The van der Waals surface area contributed by atoms with Gasteiger partial charge in [0, 0.05) is 0 Å². The third-order valence-electron chi connectivity index (χ3n) is 1.17. The summed E-state index contributed by atoms with van der Waals surface area (Å²) in [5.41, 5.74) is 0. The summed E-state index contributed by atoms with van der Waals surface area (Å²) in [6, 6.07) is 0. The second kappa shape index (κ2) is 3.08. The average molecular weight is 180 g/mol. The third-order valence-corrected chi connectivity index (χ3v) is 2.89. The molecule has 0 amide bonds. The van der Waals surface area contributed by atoms with Crippen molar-refractivity contribution in [3.05, 3.63) is 0 Å². The van der Waals surface area contributed by atoms with E-state index in [-0.39, 0.29) is 5.97 Å². The molecule has 68 valence electrons. The number of hydrogen-bond acceptors (Lipinski definition) is 3. The molecule has 1 N–H and O–H groups in total. The molecule has 0 heterocycles. The summed E-state index contributed by atoms with van der Waals surface area (Å²) in [6.45, 7) is 4.73. The van der Waals surface area contributed by atoms with Gasteiger partial charge in [0.1, 0.15) is 0 Å². The molecular weight excluding hydrogens is 163 g/mol. The van der Waals surface area contributed by atoms with Crippen LogP contribution in [0.15, 0.2) is 0 Å². The van der Waals surface area contributed by atoms with E-state index in [2.05, 4.69) is 0 Å². The van der Waals surface area contributed by atoms with E-state index in [9.17, 15) is 9.69 Å². The molecule has 0 saturated heterocycles. The van der Waals surface area contributed by atoms with Gasteiger partial charge in [-0.15, -0.1) is 0 Å². The molecule has 0 spiro atoms. The normalized spacial score (nSPS) is 15.2. The van der Waals surface area contributed by atoms with Crippen LogP contribution >= 0.6 is 6.83 Å². The van der Waals surface area contributed by atoms with Crippen molar-refractivity contribution < 1.29 is 14.4 Å². The van der Waals surface area contributed by atoms with Crippen molar-refractivity contribution in [2.45, 2.75) is 6.92 Å². The zero-order valence-electron chi connectivity index (χ0n) is 7.63. The zero-order chi connectivity index (χ0) is 9.15. The fourth-order valence-corrected chi connectivity index (χ4v) is 1.22. The van der Waals surface area contributed by atoms with E-state index in [4.69, 9.17) is 4.74 Å². The van der Waals surface area contributed by atoms with Crippen molar-refractivity contribution in [2.24, 2.45) is 0 Å². The van der Waals surface area contributed by atoms with Crippen LogP contribution in [0.25, 0.3) is 0 Å². The molecule has 0 bridgehead atoms. The van der Waals surface area contributed by atoms with Gasteiger partial charge in [-0.05, 0) is 0 Å². The standard InChI is InChI=1S/C7H17O3P/c1-7(8)10-5-6-11(2,3,4)9/h9H,5-6H2,1-4H3. The van der Waals surface area contributed by atoms with E-state index in [1.807, 2.05) is 20.0 Å². The van der Waals surface area contributed by atoms with E-state index < -0.39 is 6.83 Å². The molecular formula is C7H17O3P. The van der Waals surface area contributed by atoms with Gasteiger partial charge in [-0.1, -0.05) is 0 Å². The van der Waals surface area contributed by atoms with Crippen LogP contribution in [0.3, 0.4) is 0 Å². The van der Waals surface area contributed by atoms with E-state index in [0.717, 1.165) is 0 Å². The van der Waals surface area contributed by atoms with Crippen molar-refractivity contribution in [2.75, 3.05) is 32.8 Å². The third kappa shape index (κ3) is 9.86. The van der Waals surface area contributed by atoms with Crippen LogP contribution in [0.4, 0.5) is 0 Å². The molecule has 0 aromatic heterocycles. The molecule has 3 nitrogen and oxygen atoms in total. The Bertz CT molecular complexity index is 148. The van der Waals surface area contributed by atoms with E-state index in [1.54, 1.807) is 0 Å². The first-order chi connectivity index (χ1) is 4.67. The molecule has 0 saturated carbocycles. The molecule has 0 aliphatic rings. The van der Waals surface area contributed by atoms with Gasteiger partial charge in [0.05, 0.1) is 0 Å². The summed E-state index contributed by atoms with van der Waals surface area (Å²) in [5, 5.41) is 0. The van der Waals surface area contributed by atoms with Gasteiger partial charge in [0.15, 0.2) is 0 Å². The van der Waals surface area contributed by atoms with E-state index in [1.165, 1.54) is 6.92 Å². The van der Waals surface area contributed by atoms with Crippen LogP contribution in [0.1, 0.15) is 6.92 Å². The molecule has 0 aliphatic carbocycles. The van der Waals surface area contributed by atoms with E-state index in [0.29, 0.717) is 12.8 Å². The number of rotatable bonds is 3. The minimum atomic E-state index is -2.45. The molecule has 0 fully saturated rings. The van der Waals surface area contributed by atoms with Crippen molar-refractivity contribution in [1.82, 2.24) is 0 Å². The predicted molar refractivity (Wildman–Crippen MR) is 48.4 cm³/mol.